The van der Waals surface area contributed by atoms with Crippen LogP contribution in [0.15, 0.2) is 10.9 Å². The van der Waals surface area contributed by atoms with Gasteiger partial charge in [-0.15, -0.1) is 12.4 Å². The summed E-state index contributed by atoms with van der Waals surface area (Å²) in [5, 5.41) is 6.23. The average Bonchev–Trinajstić information content (AvgIpc) is 2.47. The van der Waals surface area contributed by atoms with Crippen molar-refractivity contribution in [3.05, 3.63) is 33.2 Å². The van der Waals surface area contributed by atoms with E-state index in [0.29, 0.717) is 30.0 Å². The number of rotatable bonds is 2. The molecule has 1 fully saturated rings. The average molecular weight is 368 g/mol. The molecule has 1 aliphatic carbocycles. The summed E-state index contributed by atoms with van der Waals surface area (Å²) in [6, 6.07) is 1.52. The molecule has 25 heavy (non-hydrogen) atoms. The minimum Gasteiger partial charge on any atom is -0.349 e. The summed E-state index contributed by atoms with van der Waals surface area (Å²) in [7, 11) is 0. The zero-order chi connectivity index (χ0) is 17.5. The fraction of sp³-hybridized carbons (Fsp3) is 0.611. The highest BCUT2D eigenvalue weighted by Crippen LogP contribution is 2.33. The molecule has 1 amide bonds. The van der Waals surface area contributed by atoms with Gasteiger partial charge in [0.15, 0.2) is 5.78 Å². The van der Waals surface area contributed by atoms with Gasteiger partial charge in [0.1, 0.15) is 5.56 Å². The lowest BCUT2D eigenvalue weighted by molar-refractivity contribution is 0.0909. The lowest BCUT2D eigenvalue weighted by Crippen LogP contribution is -2.49. The minimum atomic E-state index is -0.418. The number of aromatic nitrogens is 1. The van der Waals surface area contributed by atoms with Crippen molar-refractivity contribution in [1.29, 1.82) is 0 Å². The van der Waals surface area contributed by atoms with Crippen LogP contribution in [0.3, 0.4) is 0 Å². The number of hydrogen-bond donors (Lipinski definition) is 3. The number of hydrogen-bond acceptors (Lipinski definition) is 4. The number of amides is 1. The van der Waals surface area contributed by atoms with E-state index in [4.69, 9.17) is 0 Å². The summed E-state index contributed by atoms with van der Waals surface area (Å²) >= 11 is 0. The molecule has 2 aliphatic rings. The van der Waals surface area contributed by atoms with Gasteiger partial charge in [0.25, 0.3) is 11.5 Å². The number of carbonyl (C=O) groups excluding carboxylic acids is 2. The van der Waals surface area contributed by atoms with Crippen molar-refractivity contribution >= 4 is 24.1 Å². The van der Waals surface area contributed by atoms with Crippen LogP contribution in [0.2, 0.25) is 0 Å². The summed E-state index contributed by atoms with van der Waals surface area (Å²) in [4.78, 5) is 40.0. The number of aromatic amines is 1. The molecule has 6 nitrogen and oxygen atoms in total. The number of Topliss-reactive ketones (excluding diaryl/α,β-unsaturated/α-hetero) is 1. The number of ketones is 1. The monoisotopic (exact) mass is 367 g/mol. The predicted octanol–water partition coefficient (Wildman–Crippen LogP) is 1.68. The van der Waals surface area contributed by atoms with Crippen molar-refractivity contribution in [3.63, 3.8) is 0 Å². The molecule has 2 unspecified atom stereocenters. The first-order chi connectivity index (χ1) is 11.3. The molecular formula is C18H26ClN3O3. The Morgan fingerprint density at radius 2 is 2.00 bits per heavy atom. The maximum Gasteiger partial charge on any atom is 0.261 e. The quantitative estimate of drug-likeness (QED) is 0.741. The SMILES string of the molecule is CC1CNCCC1NC(=O)c1cc2c([nH]c1=O)CC(C)(C)CC2=O.Cl. The van der Waals surface area contributed by atoms with Crippen LogP contribution in [0.5, 0.6) is 0 Å². The van der Waals surface area contributed by atoms with Gasteiger partial charge in [-0.3, -0.25) is 14.4 Å². The lowest BCUT2D eigenvalue weighted by atomic mass is 9.75. The van der Waals surface area contributed by atoms with Crippen LogP contribution in [0.25, 0.3) is 0 Å². The molecule has 1 aromatic heterocycles. The van der Waals surface area contributed by atoms with Crippen LogP contribution in [-0.4, -0.2) is 35.8 Å². The van der Waals surface area contributed by atoms with Gasteiger partial charge in [-0.05, 0) is 43.3 Å². The molecule has 0 bridgehead atoms. The maximum absolute atomic E-state index is 12.5. The first-order valence-electron chi connectivity index (χ1n) is 8.58. The van der Waals surface area contributed by atoms with Gasteiger partial charge in [0.2, 0.25) is 0 Å². The normalized spacial score (nSPS) is 24.8. The molecule has 3 N–H and O–H groups in total. The van der Waals surface area contributed by atoms with Crippen molar-refractivity contribution in [2.75, 3.05) is 13.1 Å². The third-order valence-electron chi connectivity index (χ3n) is 5.06. The van der Waals surface area contributed by atoms with Crippen LogP contribution >= 0.6 is 12.4 Å². The summed E-state index contributed by atoms with van der Waals surface area (Å²) in [6.45, 7) is 7.78. The number of piperidine rings is 1. The molecule has 2 atom stereocenters. The second kappa shape index (κ2) is 7.30. The fourth-order valence-corrected chi connectivity index (χ4v) is 3.67. The zero-order valence-corrected chi connectivity index (χ0v) is 15.7. The largest absolute Gasteiger partial charge is 0.349 e. The Labute approximate surface area is 153 Å². The summed E-state index contributed by atoms with van der Waals surface area (Å²) in [6.07, 6.45) is 1.90. The van der Waals surface area contributed by atoms with E-state index in [1.165, 1.54) is 6.07 Å². The fourth-order valence-electron chi connectivity index (χ4n) is 3.67. The molecule has 0 radical (unpaired) electrons. The van der Waals surface area contributed by atoms with E-state index in [9.17, 15) is 14.4 Å². The van der Waals surface area contributed by atoms with Crippen LogP contribution < -0.4 is 16.2 Å². The van der Waals surface area contributed by atoms with Crippen molar-refractivity contribution in [3.8, 4) is 0 Å². The smallest absolute Gasteiger partial charge is 0.261 e. The van der Waals surface area contributed by atoms with E-state index < -0.39 is 11.5 Å². The van der Waals surface area contributed by atoms with E-state index in [0.717, 1.165) is 19.5 Å². The van der Waals surface area contributed by atoms with E-state index in [2.05, 4.69) is 22.5 Å². The van der Waals surface area contributed by atoms with Crippen molar-refractivity contribution in [2.24, 2.45) is 11.3 Å². The van der Waals surface area contributed by atoms with E-state index >= 15 is 0 Å². The van der Waals surface area contributed by atoms with Gasteiger partial charge in [-0.25, -0.2) is 0 Å². The second-order valence-corrected chi connectivity index (χ2v) is 7.90. The lowest BCUT2D eigenvalue weighted by Gasteiger charge is -2.31. The first kappa shape index (κ1) is 19.7. The Kier molecular flexibility index (Phi) is 5.74. The van der Waals surface area contributed by atoms with Crippen molar-refractivity contribution in [1.82, 2.24) is 15.6 Å². The molecule has 1 aromatic rings. The maximum atomic E-state index is 12.5. The van der Waals surface area contributed by atoms with E-state index in [-0.39, 0.29) is 35.2 Å². The molecular weight excluding hydrogens is 342 g/mol. The van der Waals surface area contributed by atoms with Gasteiger partial charge in [-0.1, -0.05) is 20.8 Å². The zero-order valence-electron chi connectivity index (χ0n) is 14.9. The number of nitrogens with one attached hydrogen (secondary N) is 3. The summed E-state index contributed by atoms with van der Waals surface area (Å²) < 4.78 is 0. The topological polar surface area (TPSA) is 91.1 Å². The number of fused-ring (bicyclic) bond motifs is 1. The molecule has 2 heterocycles. The van der Waals surface area contributed by atoms with Gasteiger partial charge < -0.3 is 15.6 Å². The molecule has 1 saturated heterocycles. The summed E-state index contributed by atoms with van der Waals surface area (Å²) in [5.41, 5.74) is 0.581. The van der Waals surface area contributed by atoms with Gasteiger partial charge >= 0.3 is 0 Å². The highest BCUT2D eigenvalue weighted by molar-refractivity contribution is 6.02. The second-order valence-electron chi connectivity index (χ2n) is 7.90. The number of pyridine rings is 1. The standard InChI is InChI=1S/C18H25N3O3.ClH/c1-10-9-19-5-4-13(10)20-16(23)12-6-11-14(21-17(12)24)7-18(2,3)8-15(11)22;/h6,10,13,19H,4-5,7-9H2,1-3H3,(H,20,23)(H,21,24);1H. The molecule has 0 aromatic carbocycles. The minimum absolute atomic E-state index is 0. The van der Waals surface area contributed by atoms with Crippen LogP contribution in [-0.2, 0) is 6.42 Å². The Morgan fingerprint density at radius 1 is 1.28 bits per heavy atom. The highest BCUT2D eigenvalue weighted by atomic mass is 35.5. The first-order valence-corrected chi connectivity index (χ1v) is 8.58. The van der Waals surface area contributed by atoms with Gasteiger partial charge in [0, 0.05) is 23.7 Å². The Hall–Kier alpha value is -1.66. The number of carbonyl (C=O) groups is 2. The van der Waals surface area contributed by atoms with E-state index in [1.54, 1.807) is 0 Å². The number of H-pyrrole nitrogens is 1. The Balaban J connectivity index is 0.00000225. The van der Waals surface area contributed by atoms with Gasteiger partial charge in [-0.2, -0.15) is 0 Å². The van der Waals surface area contributed by atoms with Crippen molar-refractivity contribution < 1.29 is 9.59 Å². The Morgan fingerprint density at radius 3 is 2.68 bits per heavy atom. The Bertz CT molecular complexity index is 742. The van der Waals surface area contributed by atoms with Crippen LogP contribution in [0.1, 0.15) is 60.0 Å². The predicted molar refractivity (Wildman–Crippen MR) is 98.6 cm³/mol. The molecule has 1 aliphatic heterocycles. The molecule has 138 valence electrons. The molecule has 0 spiro atoms. The number of halogens is 1. The third kappa shape index (κ3) is 4.12. The van der Waals surface area contributed by atoms with Gasteiger partial charge in [0.05, 0.1) is 0 Å². The van der Waals surface area contributed by atoms with Crippen LogP contribution in [0.4, 0.5) is 0 Å². The van der Waals surface area contributed by atoms with Crippen molar-refractivity contribution in [2.45, 2.75) is 46.1 Å². The molecule has 7 heteroatoms. The molecule has 3 rings (SSSR count). The third-order valence-corrected chi connectivity index (χ3v) is 5.06. The van der Waals surface area contributed by atoms with E-state index in [1.807, 2.05) is 13.8 Å². The highest BCUT2D eigenvalue weighted by Gasteiger charge is 2.33. The summed E-state index contributed by atoms with van der Waals surface area (Å²) in [5.74, 6) is -0.0981. The van der Waals surface area contributed by atoms with Crippen LogP contribution in [0, 0.1) is 11.3 Å². The molecule has 0 saturated carbocycles.